The molecule has 0 spiro atoms. The molecule has 0 amide bonds. The maximum absolute atomic E-state index is 11.7. The van der Waals surface area contributed by atoms with Gasteiger partial charge < -0.3 is 10.4 Å². The molecule has 2 rings (SSSR count). The van der Waals surface area contributed by atoms with E-state index in [4.69, 9.17) is 0 Å². The normalized spacial score (nSPS) is 11.3. The third-order valence-corrected chi connectivity index (χ3v) is 5.36. The van der Waals surface area contributed by atoms with E-state index in [1.165, 1.54) is 0 Å². The Kier molecular flexibility index (Phi) is 4.90. The van der Waals surface area contributed by atoms with Gasteiger partial charge in [-0.1, -0.05) is 22.9 Å². The van der Waals surface area contributed by atoms with E-state index in [0.29, 0.717) is 11.4 Å². The zero-order valence-corrected chi connectivity index (χ0v) is 13.9. The molecule has 0 saturated carbocycles. The van der Waals surface area contributed by atoms with Gasteiger partial charge in [0.05, 0.1) is 10.6 Å². The van der Waals surface area contributed by atoms with Crippen molar-refractivity contribution in [1.29, 1.82) is 0 Å². The minimum Gasteiger partial charge on any atom is -0.508 e. The highest BCUT2D eigenvalue weighted by molar-refractivity contribution is 9.10. The summed E-state index contributed by atoms with van der Waals surface area (Å²) in [5.74, 6) is 0.307. The number of rotatable bonds is 5. The van der Waals surface area contributed by atoms with Crippen molar-refractivity contribution in [2.24, 2.45) is 0 Å². The van der Waals surface area contributed by atoms with E-state index >= 15 is 0 Å². The molecule has 21 heavy (non-hydrogen) atoms. The molecule has 4 nitrogen and oxygen atoms in total. The highest BCUT2D eigenvalue weighted by atomic mass is 79.9. The van der Waals surface area contributed by atoms with Crippen LogP contribution >= 0.6 is 15.9 Å². The zero-order valence-electron chi connectivity index (χ0n) is 11.5. The molecule has 112 valence electrons. The largest absolute Gasteiger partial charge is 0.508 e. The monoisotopic (exact) mass is 369 g/mol. The van der Waals surface area contributed by atoms with Crippen LogP contribution in [0.3, 0.4) is 0 Å². The summed E-state index contributed by atoms with van der Waals surface area (Å²) < 4.78 is 24.3. The predicted octanol–water partition coefficient (Wildman–Crippen LogP) is 3.56. The smallest absolute Gasteiger partial charge is 0.178 e. The van der Waals surface area contributed by atoms with Crippen molar-refractivity contribution in [2.75, 3.05) is 11.1 Å². The molecule has 0 aliphatic rings. The third kappa shape index (κ3) is 3.98. The molecule has 0 aliphatic carbocycles. The van der Waals surface area contributed by atoms with Crippen molar-refractivity contribution in [3.8, 4) is 5.75 Å². The number of aromatic hydroxyl groups is 1. The molecule has 0 saturated heterocycles. The number of benzene rings is 2. The zero-order chi connectivity index (χ0) is 15.5. The van der Waals surface area contributed by atoms with Gasteiger partial charge in [0, 0.05) is 22.3 Å². The van der Waals surface area contributed by atoms with Gasteiger partial charge in [-0.05, 0) is 42.5 Å². The highest BCUT2D eigenvalue weighted by Crippen LogP contribution is 2.23. The molecule has 0 radical (unpaired) electrons. The van der Waals surface area contributed by atoms with Crippen LogP contribution in [0.25, 0.3) is 0 Å². The Morgan fingerprint density at radius 1 is 1.14 bits per heavy atom. The molecular formula is C15H16BrNO3S. The Morgan fingerprint density at radius 2 is 1.81 bits per heavy atom. The first-order valence-corrected chi connectivity index (χ1v) is 8.91. The second kappa shape index (κ2) is 6.49. The van der Waals surface area contributed by atoms with Crippen molar-refractivity contribution in [2.45, 2.75) is 18.4 Å². The minimum atomic E-state index is -3.17. The molecule has 0 fully saturated rings. The van der Waals surface area contributed by atoms with Crippen LogP contribution in [-0.4, -0.2) is 19.3 Å². The molecule has 0 unspecified atom stereocenters. The topological polar surface area (TPSA) is 66.4 Å². The Morgan fingerprint density at radius 3 is 2.43 bits per heavy atom. The Labute approximate surface area is 132 Å². The van der Waals surface area contributed by atoms with E-state index in [0.717, 1.165) is 15.7 Å². The Bertz CT molecular complexity index is 727. The number of hydrogen-bond donors (Lipinski definition) is 2. The van der Waals surface area contributed by atoms with Crippen LogP contribution in [0.1, 0.15) is 12.5 Å². The minimum absolute atomic E-state index is 0.0890. The van der Waals surface area contributed by atoms with Crippen molar-refractivity contribution < 1.29 is 13.5 Å². The number of sulfone groups is 1. The van der Waals surface area contributed by atoms with E-state index in [1.54, 1.807) is 43.3 Å². The van der Waals surface area contributed by atoms with Crippen LogP contribution in [0.15, 0.2) is 51.8 Å². The molecule has 2 N–H and O–H groups in total. The van der Waals surface area contributed by atoms with Gasteiger partial charge in [-0.2, -0.15) is 0 Å². The second-order valence-electron chi connectivity index (χ2n) is 4.55. The van der Waals surface area contributed by atoms with E-state index in [-0.39, 0.29) is 11.5 Å². The van der Waals surface area contributed by atoms with Gasteiger partial charge in [0.2, 0.25) is 0 Å². The number of anilines is 1. The summed E-state index contributed by atoms with van der Waals surface area (Å²) >= 11 is 3.36. The summed E-state index contributed by atoms with van der Waals surface area (Å²) in [5.41, 5.74) is 1.55. The summed E-state index contributed by atoms with van der Waals surface area (Å²) in [6.45, 7) is 2.07. The van der Waals surface area contributed by atoms with Crippen LogP contribution in [0.4, 0.5) is 5.69 Å². The average Bonchev–Trinajstić information content (AvgIpc) is 2.48. The SMILES string of the molecule is CCS(=O)(=O)c1ccc(NCc2cc(Br)ccc2O)cc1. The molecule has 0 heterocycles. The van der Waals surface area contributed by atoms with Crippen LogP contribution in [0.2, 0.25) is 0 Å². The summed E-state index contributed by atoms with van der Waals surface area (Å²) in [5, 5.41) is 12.9. The van der Waals surface area contributed by atoms with Crippen molar-refractivity contribution in [3.05, 3.63) is 52.5 Å². The molecule has 0 aliphatic heterocycles. The fourth-order valence-electron chi connectivity index (χ4n) is 1.84. The maximum atomic E-state index is 11.7. The molecular weight excluding hydrogens is 354 g/mol. The number of hydrogen-bond acceptors (Lipinski definition) is 4. The lowest BCUT2D eigenvalue weighted by molar-refractivity contribution is 0.469. The van der Waals surface area contributed by atoms with Gasteiger partial charge in [-0.15, -0.1) is 0 Å². The van der Waals surface area contributed by atoms with E-state index in [2.05, 4.69) is 21.2 Å². The van der Waals surface area contributed by atoms with E-state index in [9.17, 15) is 13.5 Å². The van der Waals surface area contributed by atoms with Crippen LogP contribution in [0, 0.1) is 0 Å². The highest BCUT2D eigenvalue weighted by Gasteiger charge is 2.10. The summed E-state index contributed by atoms with van der Waals surface area (Å²) in [6, 6.07) is 11.8. The van der Waals surface area contributed by atoms with Gasteiger partial charge in [-0.3, -0.25) is 0 Å². The molecule has 6 heteroatoms. The second-order valence-corrected chi connectivity index (χ2v) is 7.75. The number of phenolic OH excluding ortho intramolecular Hbond substituents is 1. The van der Waals surface area contributed by atoms with Gasteiger partial charge in [0.25, 0.3) is 0 Å². The molecule has 0 bridgehead atoms. The maximum Gasteiger partial charge on any atom is 0.178 e. The summed E-state index contributed by atoms with van der Waals surface area (Å²) in [6.07, 6.45) is 0. The first-order chi connectivity index (χ1) is 9.92. The van der Waals surface area contributed by atoms with Crippen LogP contribution < -0.4 is 5.32 Å². The third-order valence-electron chi connectivity index (χ3n) is 3.12. The van der Waals surface area contributed by atoms with Crippen molar-refractivity contribution in [3.63, 3.8) is 0 Å². The van der Waals surface area contributed by atoms with Crippen LogP contribution in [-0.2, 0) is 16.4 Å². The summed E-state index contributed by atoms with van der Waals surface area (Å²) in [7, 11) is -3.17. The average molecular weight is 370 g/mol. The van der Waals surface area contributed by atoms with Gasteiger partial charge >= 0.3 is 0 Å². The lowest BCUT2D eigenvalue weighted by atomic mass is 10.2. The Balaban J connectivity index is 2.09. The number of nitrogens with one attached hydrogen (secondary N) is 1. The fourth-order valence-corrected chi connectivity index (χ4v) is 3.13. The fraction of sp³-hybridized carbons (Fsp3) is 0.200. The standard InChI is InChI=1S/C15H16BrNO3S/c1-2-21(19,20)14-6-4-13(5-7-14)17-10-11-9-12(16)3-8-15(11)18/h3-9,17-18H,2,10H2,1H3. The first-order valence-electron chi connectivity index (χ1n) is 6.46. The van der Waals surface area contributed by atoms with Crippen molar-refractivity contribution >= 4 is 31.5 Å². The van der Waals surface area contributed by atoms with E-state index < -0.39 is 9.84 Å². The lowest BCUT2D eigenvalue weighted by Crippen LogP contribution is -2.04. The Hall–Kier alpha value is -1.53. The first kappa shape index (κ1) is 15.9. The van der Waals surface area contributed by atoms with E-state index in [1.807, 2.05) is 6.07 Å². The van der Waals surface area contributed by atoms with Gasteiger partial charge in [0.1, 0.15) is 5.75 Å². The predicted molar refractivity (Wildman–Crippen MR) is 87.3 cm³/mol. The van der Waals surface area contributed by atoms with Gasteiger partial charge in [-0.25, -0.2) is 8.42 Å². The molecule has 0 aromatic heterocycles. The number of halogens is 1. The van der Waals surface area contributed by atoms with Crippen LogP contribution in [0.5, 0.6) is 5.75 Å². The molecule has 2 aromatic carbocycles. The van der Waals surface area contributed by atoms with Gasteiger partial charge in [0.15, 0.2) is 9.84 Å². The lowest BCUT2D eigenvalue weighted by Gasteiger charge is -2.09. The summed E-state index contributed by atoms with van der Waals surface area (Å²) in [4.78, 5) is 0.320. The quantitative estimate of drug-likeness (QED) is 0.845. The molecule has 2 aromatic rings. The number of phenols is 1. The van der Waals surface area contributed by atoms with Crippen molar-refractivity contribution in [1.82, 2.24) is 0 Å². The molecule has 0 atom stereocenters.